The molecule has 0 saturated carbocycles. The molecule has 0 atom stereocenters. The van der Waals surface area contributed by atoms with Crippen LogP contribution in [-0.4, -0.2) is 39.4 Å². The van der Waals surface area contributed by atoms with Crippen LogP contribution < -0.4 is 10.9 Å². The number of carbonyl (C=O) groups is 1. The minimum Gasteiger partial charge on any atom is -0.383 e. The van der Waals surface area contributed by atoms with E-state index in [1.807, 2.05) is 4.57 Å². The summed E-state index contributed by atoms with van der Waals surface area (Å²) in [5, 5.41) is 10.00. The van der Waals surface area contributed by atoms with Gasteiger partial charge in [-0.2, -0.15) is 5.10 Å². The summed E-state index contributed by atoms with van der Waals surface area (Å²) in [6.07, 6.45) is 3.38. The van der Waals surface area contributed by atoms with Gasteiger partial charge < -0.3 is 14.6 Å². The quantitative estimate of drug-likeness (QED) is 0.694. The molecule has 2 N–H and O–H groups in total. The second-order valence-electron chi connectivity index (χ2n) is 5.20. The first-order chi connectivity index (χ1) is 11.7. The van der Waals surface area contributed by atoms with E-state index in [2.05, 4.69) is 20.5 Å². The predicted molar refractivity (Wildman–Crippen MR) is 87.6 cm³/mol. The minimum absolute atomic E-state index is 0.188. The summed E-state index contributed by atoms with van der Waals surface area (Å²) in [7, 11) is 1.63. The third kappa shape index (κ3) is 3.18. The highest BCUT2D eigenvalue weighted by atomic mass is 16.5. The molecule has 3 aromatic rings. The van der Waals surface area contributed by atoms with Crippen LogP contribution >= 0.6 is 0 Å². The van der Waals surface area contributed by atoms with E-state index in [1.54, 1.807) is 43.9 Å². The van der Waals surface area contributed by atoms with Gasteiger partial charge in [-0.15, -0.1) is 0 Å². The van der Waals surface area contributed by atoms with Crippen LogP contribution in [0.5, 0.6) is 0 Å². The molecule has 0 aliphatic carbocycles. The number of imidazole rings is 1. The third-order valence-corrected chi connectivity index (χ3v) is 3.68. The van der Waals surface area contributed by atoms with Gasteiger partial charge in [-0.3, -0.25) is 9.59 Å². The van der Waals surface area contributed by atoms with Crippen molar-refractivity contribution in [3.05, 3.63) is 58.5 Å². The zero-order valence-electron chi connectivity index (χ0n) is 13.2. The van der Waals surface area contributed by atoms with E-state index in [0.29, 0.717) is 30.5 Å². The van der Waals surface area contributed by atoms with E-state index in [1.165, 1.54) is 0 Å². The lowest BCUT2D eigenvalue weighted by atomic mass is 10.1. The van der Waals surface area contributed by atoms with Crippen molar-refractivity contribution in [2.24, 2.45) is 0 Å². The van der Waals surface area contributed by atoms with Crippen LogP contribution in [0.3, 0.4) is 0 Å². The molecule has 3 rings (SSSR count). The molecule has 1 aromatic carbocycles. The maximum atomic E-state index is 12.4. The molecule has 0 spiro atoms. The van der Waals surface area contributed by atoms with Crippen molar-refractivity contribution in [2.45, 2.75) is 13.1 Å². The molecule has 2 heterocycles. The number of H-pyrrole nitrogens is 1. The lowest BCUT2D eigenvalue weighted by Crippen LogP contribution is -2.27. The molecule has 0 aliphatic heterocycles. The van der Waals surface area contributed by atoms with Crippen molar-refractivity contribution < 1.29 is 9.53 Å². The standard InChI is InChI=1S/C16H17N5O3/c1-24-7-6-21-10-17-8-11(21)9-18-16(23)14-12-4-2-3-5-13(12)15(22)20-19-14/h2-5,8,10H,6-7,9H2,1H3,(H,18,23)(H,20,22). The highest BCUT2D eigenvalue weighted by molar-refractivity contribution is 6.04. The van der Waals surface area contributed by atoms with Gasteiger partial charge in [0, 0.05) is 25.2 Å². The van der Waals surface area contributed by atoms with Crippen LogP contribution in [0.2, 0.25) is 0 Å². The SMILES string of the molecule is COCCn1cncc1CNC(=O)c1n[nH]c(=O)c2ccccc12. The van der Waals surface area contributed by atoms with Gasteiger partial charge in [0.15, 0.2) is 5.69 Å². The molecule has 0 unspecified atom stereocenters. The maximum Gasteiger partial charge on any atom is 0.272 e. The van der Waals surface area contributed by atoms with E-state index in [-0.39, 0.29) is 17.2 Å². The van der Waals surface area contributed by atoms with Crippen LogP contribution in [0.25, 0.3) is 10.8 Å². The average Bonchev–Trinajstić information content (AvgIpc) is 3.06. The van der Waals surface area contributed by atoms with E-state index < -0.39 is 0 Å². The Balaban J connectivity index is 1.78. The number of aromatic nitrogens is 4. The molecule has 0 bridgehead atoms. The largest absolute Gasteiger partial charge is 0.383 e. The summed E-state index contributed by atoms with van der Waals surface area (Å²) >= 11 is 0. The Bertz CT molecular complexity index is 915. The molecule has 1 amide bonds. The number of methoxy groups -OCH3 is 1. The number of hydrogen-bond donors (Lipinski definition) is 2. The molecule has 2 aromatic heterocycles. The van der Waals surface area contributed by atoms with Crippen molar-refractivity contribution in [1.82, 2.24) is 25.1 Å². The lowest BCUT2D eigenvalue weighted by molar-refractivity contribution is 0.0945. The van der Waals surface area contributed by atoms with Gasteiger partial charge in [-0.1, -0.05) is 18.2 Å². The predicted octanol–water partition coefficient (Wildman–Crippen LogP) is 0.696. The molecule has 8 nitrogen and oxygen atoms in total. The van der Waals surface area contributed by atoms with Crippen LogP contribution in [0.15, 0.2) is 41.6 Å². The summed E-state index contributed by atoms with van der Waals surface area (Å²) in [6, 6.07) is 6.87. The number of nitrogens with zero attached hydrogens (tertiary/aromatic N) is 3. The Morgan fingerprint density at radius 1 is 1.33 bits per heavy atom. The summed E-state index contributed by atoms with van der Waals surface area (Å²) in [4.78, 5) is 28.3. The number of amides is 1. The highest BCUT2D eigenvalue weighted by Gasteiger charge is 2.14. The number of hydrogen-bond acceptors (Lipinski definition) is 5. The van der Waals surface area contributed by atoms with Gasteiger partial charge in [-0.05, 0) is 6.07 Å². The Morgan fingerprint density at radius 2 is 2.12 bits per heavy atom. The molecule has 124 valence electrons. The second kappa shape index (κ2) is 7.05. The molecular weight excluding hydrogens is 310 g/mol. The van der Waals surface area contributed by atoms with Crippen molar-refractivity contribution in [3.8, 4) is 0 Å². The number of nitrogens with one attached hydrogen (secondary N) is 2. The molecule has 24 heavy (non-hydrogen) atoms. The fourth-order valence-electron chi connectivity index (χ4n) is 2.43. The second-order valence-corrected chi connectivity index (χ2v) is 5.20. The van der Waals surface area contributed by atoms with Crippen molar-refractivity contribution in [3.63, 3.8) is 0 Å². The van der Waals surface area contributed by atoms with Crippen LogP contribution in [0.1, 0.15) is 16.2 Å². The van der Waals surface area contributed by atoms with Gasteiger partial charge >= 0.3 is 0 Å². The summed E-state index contributed by atoms with van der Waals surface area (Å²) in [6.45, 7) is 1.52. The maximum absolute atomic E-state index is 12.4. The normalized spacial score (nSPS) is 10.9. The highest BCUT2D eigenvalue weighted by Crippen LogP contribution is 2.12. The van der Waals surface area contributed by atoms with E-state index in [9.17, 15) is 9.59 Å². The topological polar surface area (TPSA) is 102 Å². The number of carbonyl (C=O) groups excluding carboxylic acids is 1. The van der Waals surface area contributed by atoms with Crippen molar-refractivity contribution >= 4 is 16.7 Å². The van der Waals surface area contributed by atoms with Crippen LogP contribution in [0.4, 0.5) is 0 Å². The Hall–Kier alpha value is -3.00. The first-order valence-corrected chi connectivity index (χ1v) is 7.44. The molecule has 0 saturated heterocycles. The summed E-state index contributed by atoms with van der Waals surface area (Å²) < 4.78 is 6.95. The molecule has 0 radical (unpaired) electrons. The average molecular weight is 327 g/mol. The first kappa shape index (κ1) is 15.9. The Labute approximate surface area is 137 Å². The molecular formula is C16H17N5O3. The number of fused-ring (bicyclic) bond motifs is 1. The lowest BCUT2D eigenvalue weighted by Gasteiger charge is -2.09. The molecule has 0 fully saturated rings. The van der Waals surface area contributed by atoms with Gasteiger partial charge in [0.2, 0.25) is 0 Å². The zero-order chi connectivity index (χ0) is 16.9. The monoisotopic (exact) mass is 327 g/mol. The van der Waals surface area contributed by atoms with Crippen molar-refractivity contribution in [1.29, 1.82) is 0 Å². The summed E-state index contributed by atoms with van der Waals surface area (Å²) in [5.74, 6) is -0.359. The van der Waals surface area contributed by atoms with E-state index in [0.717, 1.165) is 5.69 Å². The van der Waals surface area contributed by atoms with Crippen LogP contribution in [-0.2, 0) is 17.8 Å². The first-order valence-electron chi connectivity index (χ1n) is 7.44. The fraction of sp³-hybridized carbons (Fsp3) is 0.250. The zero-order valence-corrected chi connectivity index (χ0v) is 13.2. The number of aromatic amines is 1. The van der Waals surface area contributed by atoms with E-state index in [4.69, 9.17) is 4.74 Å². The van der Waals surface area contributed by atoms with Gasteiger partial charge in [0.25, 0.3) is 11.5 Å². The van der Waals surface area contributed by atoms with Gasteiger partial charge in [-0.25, -0.2) is 10.1 Å². The molecule has 8 heteroatoms. The third-order valence-electron chi connectivity index (χ3n) is 3.68. The Kier molecular flexibility index (Phi) is 4.66. The Morgan fingerprint density at radius 3 is 2.92 bits per heavy atom. The summed E-state index contributed by atoms with van der Waals surface area (Å²) in [5.41, 5.74) is 0.724. The number of ether oxygens (including phenoxy) is 1. The van der Waals surface area contributed by atoms with Crippen LogP contribution in [0, 0.1) is 0 Å². The smallest absolute Gasteiger partial charge is 0.272 e. The van der Waals surface area contributed by atoms with Crippen molar-refractivity contribution in [2.75, 3.05) is 13.7 Å². The number of rotatable bonds is 6. The van der Waals surface area contributed by atoms with E-state index >= 15 is 0 Å². The molecule has 0 aliphatic rings. The number of benzene rings is 1. The van der Waals surface area contributed by atoms with Gasteiger partial charge in [0.1, 0.15) is 0 Å². The minimum atomic E-state index is -0.359. The van der Waals surface area contributed by atoms with Gasteiger partial charge in [0.05, 0.1) is 30.6 Å². The fourth-order valence-corrected chi connectivity index (χ4v) is 2.43.